The minimum atomic E-state index is -0.430. The molecule has 1 amide bonds. The van der Waals surface area contributed by atoms with Crippen molar-refractivity contribution in [2.24, 2.45) is 0 Å². The van der Waals surface area contributed by atoms with Crippen LogP contribution in [0.3, 0.4) is 0 Å². The van der Waals surface area contributed by atoms with Crippen molar-refractivity contribution in [2.75, 3.05) is 10.7 Å². The van der Waals surface area contributed by atoms with Crippen LogP contribution in [0.25, 0.3) is 0 Å². The van der Waals surface area contributed by atoms with E-state index in [1.165, 1.54) is 17.3 Å². The van der Waals surface area contributed by atoms with Crippen molar-refractivity contribution in [3.63, 3.8) is 0 Å². The number of amides is 1. The van der Waals surface area contributed by atoms with Gasteiger partial charge in [-0.25, -0.2) is 4.68 Å². The van der Waals surface area contributed by atoms with E-state index >= 15 is 0 Å². The monoisotopic (exact) mass is 427 g/mol. The van der Waals surface area contributed by atoms with Gasteiger partial charge in [0.25, 0.3) is 0 Å². The summed E-state index contributed by atoms with van der Waals surface area (Å²) in [6.07, 6.45) is 1.72. The van der Waals surface area contributed by atoms with E-state index in [9.17, 15) is 4.79 Å². The van der Waals surface area contributed by atoms with Crippen molar-refractivity contribution in [1.29, 1.82) is 0 Å². The summed E-state index contributed by atoms with van der Waals surface area (Å²) in [5.41, 5.74) is 6.35. The summed E-state index contributed by atoms with van der Waals surface area (Å²) in [6.45, 7) is 4.16. The van der Waals surface area contributed by atoms with E-state index in [-0.39, 0.29) is 11.9 Å². The van der Waals surface area contributed by atoms with Crippen LogP contribution in [0.1, 0.15) is 36.8 Å². The molecule has 0 radical (unpaired) electrons. The van der Waals surface area contributed by atoms with Crippen LogP contribution in [-0.4, -0.2) is 26.0 Å². The van der Waals surface area contributed by atoms with Crippen molar-refractivity contribution in [3.05, 3.63) is 70.5 Å². The lowest BCUT2D eigenvalue weighted by Gasteiger charge is -2.33. The predicted octanol–water partition coefficient (Wildman–Crippen LogP) is 4.45. The van der Waals surface area contributed by atoms with Gasteiger partial charge in [-0.15, -0.1) is 10.2 Å². The third-order valence-electron chi connectivity index (χ3n) is 4.96. The molecule has 150 valence electrons. The molecule has 2 aromatic carbocycles. The van der Waals surface area contributed by atoms with Crippen LogP contribution in [0.4, 0.5) is 5.69 Å². The van der Waals surface area contributed by atoms with Crippen LogP contribution in [0, 0.1) is 0 Å². The Labute approximate surface area is 179 Å². The number of nitrogens with zero attached hydrogens (tertiary/aromatic N) is 3. The zero-order valence-electron chi connectivity index (χ0n) is 16.2. The predicted molar refractivity (Wildman–Crippen MR) is 117 cm³/mol. The lowest BCUT2D eigenvalue weighted by atomic mass is 10.0. The van der Waals surface area contributed by atoms with E-state index < -0.39 is 5.25 Å². The van der Waals surface area contributed by atoms with Gasteiger partial charge in [0.15, 0.2) is 5.82 Å². The average Bonchev–Trinajstić information content (AvgIpc) is 3.16. The molecule has 0 saturated carbocycles. The first-order valence-electron chi connectivity index (χ1n) is 9.62. The third-order valence-corrected chi connectivity index (χ3v) is 6.50. The summed E-state index contributed by atoms with van der Waals surface area (Å²) in [7, 11) is 0. The molecule has 0 saturated heterocycles. The van der Waals surface area contributed by atoms with Gasteiger partial charge in [-0.3, -0.25) is 4.79 Å². The standard InChI is InChI=1S/C21H22ClN5OS/c1-3-13-9-11-14(12-10-13)18-19(20(28)23-16-8-6-5-7-15(16)22)29-21-25-24-17(4-2)27(21)26-18/h5-12,18-19,26H,3-4H2,1-2H3,(H,23,28)/t18-,19+/m0/s1. The average molecular weight is 428 g/mol. The molecule has 0 unspecified atom stereocenters. The summed E-state index contributed by atoms with van der Waals surface area (Å²) < 4.78 is 1.89. The quantitative estimate of drug-likeness (QED) is 0.629. The van der Waals surface area contributed by atoms with Crippen LogP contribution >= 0.6 is 23.4 Å². The second kappa shape index (κ2) is 8.47. The lowest BCUT2D eigenvalue weighted by molar-refractivity contribution is -0.116. The molecule has 1 aliphatic rings. The Morgan fingerprint density at radius 1 is 1.14 bits per heavy atom. The third kappa shape index (κ3) is 3.97. The normalized spacial score (nSPS) is 18.0. The molecule has 29 heavy (non-hydrogen) atoms. The van der Waals surface area contributed by atoms with Crippen molar-refractivity contribution >= 4 is 35.0 Å². The molecule has 2 atom stereocenters. The van der Waals surface area contributed by atoms with Crippen LogP contribution < -0.4 is 10.7 Å². The molecule has 1 aromatic heterocycles. The van der Waals surface area contributed by atoms with Crippen molar-refractivity contribution in [2.45, 2.75) is 43.1 Å². The summed E-state index contributed by atoms with van der Waals surface area (Å²) in [6, 6.07) is 15.4. The zero-order chi connectivity index (χ0) is 20.4. The molecule has 0 fully saturated rings. The highest BCUT2D eigenvalue weighted by Crippen LogP contribution is 2.38. The van der Waals surface area contributed by atoms with E-state index in [4.69, 9.17) is 11.6 Å². The highest BCUT2D eigenvalue weighted by Gasteiger charge is 2.37. The van der Waals surface area contributed by atoms with E-state index in [2.05, 4.69) is 52.1 Å². The maximum atomic E-state index is 13.2. The number of thioether (sulfide) groups is 1. The fourth-order valence-electron chi connectivity index (χ4n) is 3.30. The number of carbonyl (C=O) groups is 1. The smallest absolute Gasteiger partial charge is 0.240 e. The SMILES string of the molecule is CCc1ccc([C@@H]2Nn3c(CC)nnc3S[C@H]2C(=O)Nc2ccccc2Cl)cc1. The number of rotatable bonds is 5. The van der Waals surface area contributed by atoms with Gasteiger partial charge in [0.1, 0.15) is 5.25 Å². The molecule has 6 nitrogen and oxygen atoms in total. The number of hydrogen-bond donors (Lipinski definition) is 2. The maximum Gasteiger partial charge on any atom is 0.240 e. The number of benzene rings is 2. The largest absolute Gasteiger partial charge is 0.324 e. The lowest BCUT2D eigenvalue weighted by Crippen LogP contribution is -2.41. The van der Waals surface area contributed by atoms with Crippen LogP contribution in [0.15, 0.2) is 53.7 Å². The van der Waals surface area contributed by atoms with Crippen LogP contribution in [0.5, 0.6) is 0 Å². The molecule has 2 heterocycles. The Hall–Kier alpha value is -2.51. The fraction of sp³-hybridized carbons (Fsp3) is 0.286. The second-order valence-corrected chi connectivity index (χ2v) is 8.31. The molecular formula is C21H22ClN5OS. The van der Waals surface area contributed by atoms with Gasteiger partial charge in [0, 0.05) is 6.42 Å². The van der Waals surface area contributed by atoms with E-state index in [1.807, 2.05) is 23.7 Å². The number of aromatic nitrogens is 3. The summed E-state index contributed by atoms with van der Waals surface area (Å²) in [5.74, 6) is 0.708. The topological polar surface area (TPSA) is 71.8 Å². The first-order chi connectivity index (χ1) is 14.1. The summed E-state index contributed by atoms with van der Waals surface area (Å²) >= 11 is 7.64. The van der Waals surface area contributed by atoms with E-state index in [1.54, 1.807) is 12.1 Å². The molecule has 4 rings (SSSR count). The number of para-hydroxylation sites is 1. The first kappa shape index (κ1) is 19.8. The van der Waals surface area contributed by atoms with Crippen LogP contribution in [0.2, 0.25) is 5.02 Å². The molecule has 8 heteroatoms. The number of anilines is 1. The number of halogens is 1. The van der Waals surface area contributed by atoms with Gasteiger partial charge >= 0.3 is 0 Å². The summed E-state index contributed by atoms with van der Waals surface area (Å²) in [5, 5.41) is 12.2. The number of fused-ring (bicyclic) bond motifs is 1. The molecule has 3 aromatic rings. The Morgan fingerprint density at radius 3 is 2.59 bits per heavy atom. The number of aryl methyl sites for hydroxylation is 2. The molecule has 0 spiro atoms. The molecule has 2 N–H and O–H groups in total. The van der Waals surface area contributed by atoms with Crippen molar-refractivity contribution in [1.82, 2.24) is 14.9 Å². The van der Waals surface area contributed by atoms with E-state index in [0.29, 0.717) is 15.9 Å². The minimum Gasteiger partial charge on any atom is -0.324 e. The van der Waals surface area contributed by atoms with Gasteiger partial charge in [-0.1, -0.05) is 73.6 Å². The number of nitrogens with one attached hydrogen (secondary N) is 2. The van der Waals surface area contributed by atoms with Gasteiger partial charge < -0.3 is 10.7 Å². The first-order valence-corrected chi connectivity index (χ1v) is 10.9. The Kier molecular flexibility index (Phi) is 5.78. The number of carbonyl (C=O) groups excluding carboxylic acids is 1. The Balaban J connectivity index is 1.68. The van der Waals surface area contributed by atoms with Crippen molar-refractivity contribution in [3.8, 4) is 0 Å². The second-order valence-electron chi connectivity index (χ2n) is 6.80. The van der Waals surface area contributed by atoms with Gasteiger partial charge in [0.2, 0.25) is 11.1 Å². The zero-order valence-corrected chi connectivity index (χ0v) is 17.8. The maximum absolute atomic E-state index is 13.2. The molecule has 0 bridgehead atoms. The molecule has 0 aliphatic carbocycles. The molecular weight excluding hydrogens is 406 g/mol. The Bertz CT molecular complexity index is 1020. The minimum absolute atomic E-state index is 0.132. The fourth-order valence-corrected chi connectivity index (χ4v) is 4.59. The van der Waals surface area contributed by atoms with Crippen molar-refractivity contribution < 1.29 is 4.79 Å². The highest BCUT2D eigenvalue weighted by molar-refractivity contribution is 8.00. The Morgan fingerprint density at radius 2 is 1.90 bits per heavy atom. The molecule has 1 aliphatic heterocycles. The van der Waals surface area contributed by atoms with Gasteiger partial charge in [-0.05, 0) is 29.7 Å². The highest BCUT2D eigenvalue weighted by atomic mass is 35.5. The van der Waals surface area contributed by atoms with E-state index in [0.717, 1.165) is 24.2 Å². The van der Waals surface area contributed by atoms with Gasteiger partial charge in [-0.2, -0.15) is 0 Å². The van der Waals surface area contributed by atoms with Crippen LogP contribution in [-0.2, 0) is 17.6 Å². The number of hydrogen-bond acceptors (Lipinski definition) is 5. The summed E-state index contributed by atoms with van der Waals surface area (Å²) in [4.78, 5) is 13.2. The van der Waals surface area contributed by atoms with Gasteiger partial charge in [0.05, 0.1) is 16.8 Å².